The number of carbonyl (C=O) groups is 1. The average Bonchev–Trinajstić information content (AvgIpc) is 3.11. The summed E-state index contributed by atoms with van der Waals surface area (Å²) in [4.78, 5) is 14.3. The van der Waals surface area contributed by atoms with Crippen LogP contribution in [0.15, 0.2) is 18.2 Å². The number of nitriles is 1. The maximum atomic E-state index is 12.5. The monoisotopic (exact) mass is 420 g/mol. The standard InChI is InChI=1S/C26H32N2O3/c1-8-30-24(29)12-20-17(3)21-13-28(15-27)14-22(21)18(4)25(20)19-10-9-16(2)11-23(19)31-26(5,6)7/h9-11H,8,12-14H2,1-7H3. The first-order chi connectivity index (χ1) is 14.6. The first-order valence-corrected chi connectivity index (χ1v) is 10.8. The minimum Gasteiger partial charge on any atom is -0.488 e. The number of hydrogen-bond acceptors (Lipinski definition) is 5. The molecule has 0 amide bonds. The Morgan fingerprint density at radius 3 is 2.35 bits per heavy atom. The van der Waals surface area contributed by atoms with Crippen molar-refractivity contribution >= 4 is 5.97 Å². The highest BCUT2D eigenvalue weighted by Crippen LogP contribution is 2.43. The minimum absolute atomic E-state index is 0.193. The van der Waals surface area contributed by atoms with Crippen LogP contribution in [0.2, 0.25) is 0 Å². The van der Waals surface area contributed by atoms with E-state index in [0.29, 0.717) is 19.7 Å². The molecule has 2 aromatic rings. The lowest BCUT2D eigenvalue weighted by molar-refractivity contribution is -0.142. The van der Waals surface area contributed by atoms with Gasteiger partial charge in [-0.25, -0.2) is 0 Å². The number of benzene rings is 2. The zero-order valence-corrected chi connectivity index (χ0v) is 19.7. The van der Waals surface area contributed by atoms with Crippen LogP contribution in [-0.4, -0.2) is 23.1 Å². The summed E-state index contributed by atoms with van der Waals surface area (Å²) in [6, 6.07) is 6.21. The van der Waals surface area contributed by atoms with Gasteiger partial charge in [0.2, 0.25) is 0 Å². The predicted octanol–water partition coefficient (Wildman–Crippen LogP) is 5.36. The van der Waals surface area contributed by atoms with Gasteiger partial charge in [-0.1, -0.05) is 12.1 Å². The smallest absolute Gasteiger partial charge is 0.310 e. The highest BCUT2D eigenvalue weighted by atomic mass is 16.5. The molecule has 0 N–H and O–H groups in total. The van der Waals surface area contributed by atoms with Gasteiger partial charge in [0.25, 0.3) is 0 Å². The lowest BCUT2D eigenvalue weighted by Crippen LogP contribution is -2.23. The van der Waals surface area contributed by atoms with Gasteiger partial charge < -0.3 is 14.4 Å². The number of nitrogens with zero attached hydrogens (tertiary/aromatic N) is 2. The molecule has 3 rings (SSSR count). The number of aryl methyl sites for hydroxylation is 1. The van der Waals surface area contributed by atoms with E-state index in [1.54, 1.807) is 4.90 Å². The van der Waals surface area contributed by atoms with Crippen molar-refractivity contribution in [3.63, 3.8) is 0 Å². The summed E-state index contributed by atoms with van der Waals surface area (Å²) in [6.45, 7) is 15.6. The maximum absolute atomic E-state index is 12.5. The van der Waals surface area contributed by atoms with Crippen LogP contribution in [0.5, 0.6) is 5.75 Å². The molecular formula is C26H32N2O3. The molecule has 2 aromatic carbocycles. The van der Waals surface area contributed by atoms with Gasteiger partial charge in [-0.2, -0.15) is 5.26 Å². The van der Waals surface area contributed by atoms with Crippen molar-refractivity contribution in [3.05, 3.63) is 51.6 Å². The summed E-state index contributed by atoms with van der Waals surface area (Å²) >= 11 is 0. The van der Waals surface area contributed by atoms with Gasteiger partial charge in [0, 0.05) is 5.56 Å². The molecule has 0 saturated carbocycles. The lowest BCUT2D eigenvalue weighted by atomic mass is 9.84. The Hall–Kier alpha value is -3.00. The largest absolute Gasteiger partial charge is 0.488 e. The predicted molar refractivity (Wildman–Crippen MR) is 122 cm³/mol. The highest BCUT2D eigenvalue weighted by Gasteiger charge is 2.29. The molecule has 0 aliphatic carbocycles. The van der Waals surface area contributed by atoms with Gasteiger partial charge in [0.05, 0.1) is 26.1 Å². The van der Waals surface area contributed by atoms with E-state index in [0.717, 1.165) is 44.7 Å². The first kappa shape index (κ1) is 22.7. The Kier molecular flexibility index (Phi) is 6.31. The minimum atomic E-state index is -0.360. The van der Waals surface area contributed by atoms with Crippen molar-refractivity contribution in [1.29, 1.82) is 5.26 Å². The molecule has 0 unspecified atom stereocenters. The number of esters is 1. The second kappa shape index (κ2) is 8.63. The molecule has 0 atom stereocenters. The molecule has 5 nitrogen and oxygen atoms in total. The zero-order chi connectivity index (χ0) is 22.9. The van der Waals surface area contributed by atoms with Crippen molar-refractivity contribution < 1.29 is 14.3 Å². The van der Waals surface area contributed by atoms with E-state index in [9.17, 15) is 10.1 Å². The third-order valence-electron chi connectivity index (χ3n) is 5.69. The molecule has 0 aromatic heterocycles. The number of rotatable bonds is 5. The van der Waals surface area contributed by atoms with E-state index in [1.165, 1.54) is 5.56 Å². The third-order valence-corrected chi connectivity index (χ3v) is 5.69. The van der Waals surface area contributed by atoms with E-state index in [2.05, 4.69) is 38.2 Å². The Balaban J connectivity index is 2.29. The van der Waals surface area contributed by atoms with Gasteiger partial charge in [0.15, 0.2) is 6.19 Å². The summed E-state index contributed by atoms with van der Waals surface area (Å²) in [7, 11) is 0. The van der Waals surface area contributed by atoms with Crippen LogP contribution in [0.3, 0.4) is 0 Å². The molecule has 164 valence electrons. The van der Waals surface area contributed by atoms with Gasteiger partial charge in [-0.05, 0) is 93.5 Å². The van der Waals surface area contributed by atoms with Crippen molar-refractivity contribution in [2.24, 2.45) is 0 Å². The quantitative estimate of drug-likeness (QED) is 0.481. The molecule has 5 heteroatoms. The van der Waals surface area contributed by atoms with Crippen LogP contribution in [-0.2, 0) is 29.0 Å². The zero-order valence-electron chi connectivity index (χ0n) is 19.7. The summed E-state index contributed by atoms with van der Waals surface area (Å²) < 4.78 is 11.6. The van der Waals surface area contributed by atoms with Crippen LogP contribution >= 0.6 is 0 Å². The Morgan fingerprint density at radius 2 is 1.77 bits per heavy atom. The van der Waals surface area contributed by atoms with Crippen LogP contribution in [0, 0.1) is 32.2 Å². The molecule has 1 heterocycles. The van der Waals surface area contributed by atoms with E-state index >= 15 is 0 Å². The molecule has 0 bridgehead atoms. The lowest BCUT2D eigenvalue weighted by Gasteiger charge is -2.26. The maximum Gasteiger partial charge on any atom is 0.310 e. The number of hydrogen-bond donors (Lipinski definition) is 0. The van der Waals surface area contributed by atoms with E-state index in [1.807, 2.05) is 34.6 Å². The fourth-order valence-corrected chi connectivity index (χ4v) is 4.33. The SMILES string of the molecule is CCOC(=O)Cc1c(C)c2c(c(C)c1-c1ccc(C)cc1OC(C)(C)C)CN(C#N)C2. The van der Waals surface area contributed by atoms with Crippen molar-refractivity contribution in [3.8, 4) is 23.1 Å². The van der Waals surface area contributed by atoms with E-state index in [4.69, 9.17) is 9.47 Å². The van der Waals surface area contributed by atoms with Gasteiger partial charge >= 0.3 is 5.97 Å². The number of fused-ring (bicyclic) bond motifs is 1. The van der Waals surface area contributed by atoms with Crippen LogP contribution in [0.1, 0.15) is 61.1 Å². The Morgan fingerprint density at radius 1 is 1.13 bits per heavy atom. The van der Waals surface area contributed by atoms with Gasteiger partial charge in [0.1, 0.15) is 11.4 Å². The van der Waals surface area contributed by atoms with Crippen LogP contribution in [0.4, 0.5) is 0 Å². The molecule has 0 saturated heterocycles. The van der Waals surface area contributed by atoms with Crippen molar-refractivity contribution in [1.82, 2.24) is 4.90 Å². The van der Waals surface area contributed by atoms with Gasteiger partial charge in [-0.3, -0.25) is 4.79 Å². The summed E-state index contributed by atoms with van der Waals surface area (Å²) in [5.41, 5.74) is 8.17. The Labute approximate surface area is 185 Å². The average molecular weight is 421 g/mol. The molecule has 31 heavy (non-hydrogen) atoms. The molecule has 1 aliphatic heterocycles. The number of ether oxygens (including phenoxy) is 2. The fraction of sp³-hybridized carbons (Fsp3) is 0.462. The van der Waals surface area contributed by atoms with E-state index < -0.39 is 0 Å². The van der Waals surface area contributed by atoms with Gasteiger partial charge in [-0.15, -0.1) is 0 Å². The normalized spacial score (nSPS) is 13.0. The molecule has 0 spiro atoms. The topological polar surface area (TPSA) is 62.6 Å². The number of carbonyl (C=O) groups excluding carboxylic acids is 1. The summed E-state index contributed by atoms with van der Waals surface area (Å²) in [5.74, 6) is 0.557. The highest BCUT2D eigenvalue weighted by molar-refractivity contribution is 5.84. The molecule has 1 aliphatic rings. The third kappa shape index (κ3) is 4.69. The van der Waals surface area contributed by atoms with E-state index in [-0.39, 0.29) is 18.0 Å². The molecule has 0 fully saturated rings. The second-order valence-electron chi connectivity index (χ2n) is 9.21. The second-order valence-corrected chi connectivity index (χ2v) is 9.21. The Bertz CT molecular complexity index is 1060. The van der Waals surface area contributed by atoms with Crippen molar-refractivity contribution in [2.75, 3.05) is 6.61 Å². The van der Waals surface area contributed by atoms with Crippen LogP contribution in [0.25, 0.3) is 11.1 Å². The molecular weight excluding hydrogens is 388 g/mol. The fourth-order valence-electron chi connectivity index (χ4n) is 4.33. The summed E-state index contributed by atoms with van der Waals surface area (Å²) in [6.07, 6.45) is 2.46. The van der Waals surface area contributed by atoms with Crippen molar-refractivity contribution in [2.45, 2.75) is 73.6 Å². The first-order valence-electron chi connectivity index (χ1n) is 10.8. The van der Waals surface area contributed by atoms with Crippen LogP contribution < -0.4 is 4.74 Å². The summed E-state index contributed by atoms with van der Waals surface area (Å²) in [5, 5.41) is 9.48. The molecule has 0 radical (unpaired) electrons.